The number of halogens is 1. The molecule has 4 saturated carbocycles. The normalized spacial score (nSPS) is 51.4. The van der Waals surface area contributed by atoms with Crippen molar-refractivity contribution in [3.05, 3.63) is 0 Å². The van der Waals surface area contributed by atoms with Crippen LogP contribution in [-0.2, 0) is 9.53 Å². The van der Waals surface area contributed by atoms with Crippen molar-refractivity contribution in [1.29, 1.82) is 0 Å². The topological polar surface area (TPSA) is 66.8 Å². The van der Waals surface area contributed by atoms with E-state index in [0.717, 1.165) is 32.1 Å². The lowest BCUT2D eigenvalue weighted by molar-refractivity contribution is -0.186. The maximum Gasteiger partial charge on any atom is 0.305 e. The van der Waals surface area contributed by atoms with Gasteiger partial charge >= 0.3 is 5.97 Å². The number of esters is 1. The monoisotopic (exact) mass is 424 g/mol. The van der Waals surface area contributed by atoms with E-state index >= 15 is 0 Å². The molecule has 4 fully saturated rings. The highest BCUT2D eigenvalue weighted by Gasteiger charge is 2.63. The van der Waals surface area contributed by atoms with Gasteiger partial charge < -0.3 is 14.9 Å². The molecule has 0 aliphatic heterocycles. The number of alkyl halides is 1. The summed E-state index contributed by atoms with van der Waals surface area (Å²) in [5.74, 6) is 2.17. The van der Waals surface area contributed by atoms with Crippen molar-refractivity contribution in [2.24, 2.45) is 46.3 Å². The van der Waals surface area contributed by atoms with Crippen LogP contribution in [0.4, 0.5) is 4.39 Å². The first-order chi connectivity index (χ1) is 14.1. The van der Waals surface area contributed by atoms with Crippen molar-refractivity contribution < 1.29 is 24.1 Å². The first-order valence-corrected chi connectivity index (χ1v) is 12.2. The van der Waals surface area contributed by atoms with Gasteiger partial charge in [0.1, 0.15) is 6.17 Å². The third kappa shape index (κ3) is 3.43. The summed E-state index contributed by atoms with van der Waals surface area (Å²) in [5, 5.41) is 21.4. The van der Waals surface area contributed by atoms with E-state index in [1.807, 2.05) is 0 Å². The lowest BCUT2D eigenvalue weighted by Crippen LogP contribution is -2.60. The summed E-state index contributed by atoms with van der Waals surface area (Å²) in [6.07, 6.45) is 5.09. The molecule has 0 radical (unpaired) electrons. The van der Waals surface area contributed by atoms with E-state index in [0.29, 0.717) is 49.4 Å². The van der Waals surface area contributed by atoms with Gasteiger partial charge in [-0.05, 0) is 97.7 Å². The fraction of sp³-hybridized carbons (Fsp3) is 0.960. The van der Waals surface area contributed by atoms with Gasteiger partial charge in [-0.1, -0.05) is 20.8 Å². The molecule has 4 nitrogen and oxygen atoms in total. The molecule has 4 aliphatic rings. The van der Waals surface area contributed by atoms with Crippen LogP contribution >= 0.6 is 0 Å². The van der Waals surface area contributed by atoms with Gasteiger partial charge in [0.25, 0.3) is 0 Å². The van der Waals surface area contributed by atoms with Crippen LogP contribution in [0.3, 0.4) is 0 Å². The first-order valence-electron chi connectivity index (χ1n) is 12.2. The largest absolute Gasteiger partial charge is 0.469 e. The number of rotatable bonds is 4. The van der Waals surface area contributed by atoms with E-state index in [9.17, 15) is 19.4 Å². The standard InChI is InChI=1S/C25H41FO4/c1-14(5-8-22(29)30-4)16-6-7-17-23-18(9-10-24(16,17)2)25(3)13-19(26)20(27)11-15(25)12-21(23)28/h14-21,23,27-28H,5-13H2,1-4H3/t14-,15+,16-,17?,18?,19-,20-,21-,23?,24-,25+/m1/s1. The molecule has 11 atom stereocenters. The Hall–Kier alpha value is -0.680. The molecule has 4 aliphatic carbocycles. The number of fused-ring (bicyclic) bond motifs is 5. The molecule has 0 aromatic rings. The predicted molar refractivity (Wildman–Crippen MR) is 113 cm³/mol. The first kappa shape index (κ1) is 22.5. The van der Waals surface area contributed by atoms with Crippen molar-refractivity contribution >= 4 is 5.97 Å². The van der Waals surface area contributed by atoms with E-state index in [1.54, 1.807) is 0 Å². The molecule has 3 unspecified atom stereocenters. The third-order valence-electron chi connectivity index (χ3n) is 10.5. The smallest absolute Gasteiger partial charge is 0.305 e. The maximum atomic E-state index is 14.6. The number of methoxy groups -OCH3 is 1. The maximum absolute atomic E-state index is 14.6. The highest BCUT2D eigenvalue weighted by molar-refractivity contribution is 5.69. The Bertz CT molecular complexity index is 655. The molecule has 5 heteroatoms. The summed E-state index contributed by atoms with van der Waals surface area (Å²) in [4.78, 5) is 11.6. The summed E-state index contributed by atoms with van der Waals surface area (Å²) in [7, 11) is 1.45. The van der Waals surface area contributed by atoms with Crippen LogP contribution in [0, 0.1) is 46.3 Å². The molecule has 0 bridgehead atoms. The highest BCUT2D eigenvalue weighted by atomic mass is 19.1. The van der Waals surface area contributed by atoms with Gasteiger partial charge in [0.2, 0.25) is 0 Å². The van der Waals surface area contributed by atoms with Gasteiger partial charge in [-0.25, -0.2) is 4.39 Å². The fourth-order valence-corrected chi connectivity index (χ4v) is 8.82. The summed E-state index contributed by atoms with van der Waals surface area (Å²) in [6, 6.07) is 0. The Morgan fingerprint density at radius 3 is 2.47 bits per heavy atom. The van der Waals surface area contributed by atoms with Crippen LogP contribution in [0.1, 0.15) is 78.6 Å². The predicted octanol–water partition coefficient (Wildman–Crippen LogP) is 4.51. The number of ether oxygens (including phenoxy) is 1. The quantitative estimate of drug-likeness (QED) is 0.652. The van der Waals surface area contributed by atoms with Crippen molar-refractivity contribution in [3.8, 4) is 0 Å². The van der Waals surface area contributed by atoms with Crippen molar-refractivity contribution in [1.82, 2.24) is 0 Å². The van der Waals surface area contributed by atoms with E-state index in [-0.39, 0.29) is 34.7 Å². The van der Waals surface area contributed by atoms with E-state index in [1.165, 1.54) is 7.11 Å². The SMILES string of the molecule is COC(=O)CC[C@@H](C)[C@H]1CCC2C3C(CC[C@@]21C)[C@@]1(C)C[C@@H](F)[C@H](O)C[C@H]1C[C@H]3O. The second-order valence-corrected chi connectivity index (χ2v) is 11.6. The van der Waals surface area contributed by atoms with Crippen molar-refractivity contribution in [3.63, 3.8) is 0 Å². The van der Waals surface area contributed by atoms with Crippen LogP contribution in [0.5, 0.6) is 0 Å². The molecule has 172 valence electrons. The molecular formula is C25H41FO4. The lowest BCUT2D eigenvalue weighted by atomic mass is 9.43. The average Bonchev–Trinajstić information content (AvgIpc) is 3.05. The zero-order chi connectivity index (χ0) is 21.8. The minimum Gasteiger partial charge on any atom is -0.469 e. The van der Waals surface area contributed by atoms with Crippen LogP contribution in [0.2, 0.25) is 0 Å². The molecule has 0 amide bonds. The Labute approximate surface area is 181 Å². The van der Waals surface area contributed by atoms with Crippen LogP contribution in [0.25, 0.3) is 0 Å². The number of aliphatic hydroxyl groups excluding tert-OH is 2. The van der Waals surface area contributed by atoms with Gasteiger partial charge in [0.05, 0.1) is 19.3 Å². The zero-order valence-corrected chi connectivity index (χ0v) is 19.1. The van der Waals surface area contributed by atoms with E-state index in [4.69, 9.17) is 4.74 Å². The Morgan fingerprint density at radius 1 is 1.10 bits per heavy atom. The summed E-state index contributed by atoms with van der Waals surface area (Å²) < 4.78 is 19.4. The van der Waals surface area contributed by atoms with Gasteiger partial charge in [0, 0.05) is 6.42 Å². The van der Waals surface area contributed by atoms with Crippen LogP contribution in [0.15, 0.2) is 0 Å². The summed E-state index contributed by atoms with van der Waals surface area (Å²) >= 11 is 0. The van der Waals surface area contributed by atoms with E-state index in [2.05, 4.69) is 20.8 Å². The molecule has 2 N–H and O–H groups in total. The molecule has 0 aromatic carbocycles. The summed E-state index contributed by atoms with van der Waals surface area (Å²) in [6.45, 7) is 6.94. The minimum atomic E-state index is -1.13. The van der Waals surface area contributed by atoms with Crippen LogP contribution < -0.4 is 0 Å². The molecule has 0 saturated heterocycles. The molecule has 0 spiro atoms. The van der Waals surface area contributed by atoms with Crippen LogP contribution in [-0.4, -0.2) is 41.7 Å². The van der Waals surface area contributed by atoms with Crippen molar-refractivity contribution in [2.45, 2.75) is 96.9 Å². The average molecular weight is 425 g/mol. The van der Waals surface area contributed by atoms with E-state index < -0.39 is 12.3 Å². The zero-order valence-electron chi connectivity index (χ0n) is 19.1. The second kappa shape index (κ2) is 8.03. The molecular weight excluding hydrogens is 383 g/mol. The Balaban J connectivity index is 1.54. The number of hydrogen-bond acceptors (Lipinski definition) is 4. The summed E-state index contributed by atoms with van der Waals surface area (Å²) in [5.41, 5.74) is 0.0721. The Morgan fingerprint density at radius 2 is 1.77 bits per heavy atom. The third-order valence-corrected chi connectivity index (χ3v) is 10.5. The fourth-order valence-electron chi connectivity index (χ4n) is 8.82. The van der Waals surface area contributed by atoms with Gasteiger partial charge in [-0.2, -0.15) is 0 Å². The Kier molecular flexibility index (Phi) is 6.02. The van der Waals surface area contributed by atoms with Gasteiger partial charge in [-0.15, -0.1) is 0 Å². The molecule has 0 aromatic heterocycles. The van der Waals surface area contributed by atoms with Gasteiger partial charge in [-0.3, -0.25) is 4.79 Å². The highest BCUT2D eigenvalue weighted by Crippen LogP contribution is 2.68. The number of carbonyl (C=O) groups is 1. The molecule has 30 heavy (non-hydrogen) atoms. The van der Waals surface area contributed by atoms with Gasteiger partial charge in [0.15, 0.2) is 0 Å². The lowest BCUT2D eigenvalue weighted by Gasteiger charge is -2.62. The van der Waals surface area contributed by atoms with Crippen molar-refractivity contribution in [2.75, 3.05) is 7.11 Å². The molecule has 0 heterocycles. The number of hydrogen-bond donors (Lipinski definition) is 2. The number of aliphatic hydroxyl groups is 2. The minimum absolute atomic E-state index is 0.113. The number of carbonyl (C=O) groups excluding carboxylic acids is 1. The molecule has 4 rings (SSSR count). The second-order valence-electron chi connectivity index (χ2n) is 11.6.